The summed E-state index contributed by atoms with van der Waals surface area (Å²) < 4.78 is 12.5. The summed E-state index contributed by atoms with van der Waals surface area (Å²) >= 11 is 6.44. The van der Waals surface area contributed by atoms with E-state index in [0.717, 1.165) is 0 Å². The molecule has 5 heteroatoms. The van der Waals surface area contributed by atoms with Crippen molar-refractivity contribution >= 4 is 41.8 Å². The third kappa shape index (κ3) is 5.48. The molecule has 0 aliphatic carbocycles. The van der Waals surface area contributed by atoms with Crippen LogP contribution >= 0.6 is 25.8 Å². The molecule has 1 aromatic carbocycles. The van der Waals surface area contributed by atoms with Crippen molar-refractivity contribution in [3.63, 3.8) is 0 Å². The van der Waals surface area contributed by atoms with Gasteiger partial charge in [0, 0.05) is 12.1 Å². The minimum atomic E-state index is -0.253. The average Bonchev–Trinajstić information content (AvgIpc) is 2.07. The molecule has 1 rings (SSSR count). The fourth-order valence-corrected chi connectivity index (χ4v) is 0.602. The monoisotopic (exact) mass is 306 g/mol. The second-order valence-electron chi connectivity index (χ2n) is 1.82. The Balaban J connectivity index is 0.000000354. The Labute approximate surface area is 93.4 Å². The summed E-state index contributed by atoms with van der Waals surface area (Å²) in [4.78, 5) is 0. The highest BCUT2D eigenvalue weighted by molar-refractivity contribution is 9.47. The van der Waals surface area contributed by atoms with Crippen LogP contribution in [0.5, 0.6) is 0 Å². The Morgan fingerprint density at radius 2 is 2.17 bits per heavy atom. The van der Waals surface area contributed by atoms with E-state index in [1.807, 2.05) is 0 Å². The third-order valence-electron chi connectivity index (χ3n) is 1.11. The Bertz CT molecular complexity index is 222. The first-order chi connectivity index (χ1) is 5.76. The molecule has 0 bridgehead atoms. The van der Waals surface area contributed by atoms with E-state index in [2.05, 4.69) is 31.8 Å². The predicted molar refractivity (Wildman–Crippen MR) is 56.7 cm³/mol. The average molecular weight is 308 g/mol. The number of halogens is 3. The second kappa shape index (κ2) is 8.44. The summed E-state index contributed by atoms with van der Waals surface area (Å²) in [5.41, 5.74) is 5.70. The summed E-state index contributed by atoms with van der Waals surface area (Å²) in [6.07, 6.45) is 0. The minimum Gasteiger partial charge on any atom is -0.326 e. The van der Waals surface area contributed by atoms with E-state index in [-0.39, 0.29) is 28.4 Å². The second-order valence-corrected chi connectivity index (χ2v) is 9.90. The summed E-state index contributed by atoms with van der Waals surface area (Å²) in [7, 11) is 0. The molecule has 1 aromatic rings. The minimum absolute atomic E-state index is 0.0417. The van der Waals surface area contributed by atoms with Gasteiger partial charge in [-0.2, -0.15) is 0 Å². The van der Waals surface area contributed by atoms with Gasteiger partial charge in [-0.3, -0.25) is 25.8 Å². The van der Waals surface area contributed by atoms with Crippen LogP contribution in [0, 0.1) is 11.9 Å². The highest BCUT2D eigenvalue weighted by Gasteiger charge is 1.94. The van der Waals surface area contributed by atoms with E-state index in [4.69, 9.17) is 5.73 Å². The summed E-state index contributed by atoms with van der Waals surface area (Å²) in [6.45, 7) is 0.239. The molecule has 0 spiro atoms. The van der Waals surface area contributed by atoms with Crippen LogP contribution in [-0.2, 0) is 6.54 Å². The Kier molecular flexibility index (Phi) is 9.02. The van der Waals surface area contributed by atoms with E-state index < -0.39 is 0 Å². The Morgan fingerprint density at radius 1 is 1.58 bits per heavy atom. The maximum absolute atomic E-state index is 12.5. The van der Waals surface area contributed by atoms with Gasteiger partial charge in [0.2, 0.25) is 0 Å². The van der Waals surface area contributed by atoms with E-state index in [0.29, 0.717) is 5.56 Å². The van der Waals surface area contributed by atoms with Gasteiger partial charge in [0.05, 0.1) is 0 Å². The highest BCUT2D eigenvalue weighted by Crippen LogP contribution is 2.02. The zero-order valence-corrected chi connectivity index (χ0v) is 10.9. The Morgan fingerprint density at radius 3 is 2.50 bits per heavy atom. The predicted octanol–water partition coefficient (Wildman–Crippen LogP) is 2.39. The molecule has 0 aliphatic rings. The molecular formula is C7H7Br2FMgN. The Hall–Kier alpha value is 0.836. The summed E-state index contributed by atoms with van der Waals surface area (Å²) in [5, 5.41) is 0. The molecule has 12 heavy (non-hydrogen) atoms. The SMILES string of the molecule is NCc1c[c]ccc1F.[Br][Mg][Br]. The van der Waals surface area contributed by atoms with E-state index in [1.165, 1.54) is 12.1 Å². The number of hydrogen-bond acceptors (Lipinski definition) is 1. The fraction of sp³-hybridized carbons (Fsp3) is 0.143. The van der Waals surface area contributed by atoms with E-state index in [1.54, 1.807) is 6.07 Å². The van der Waals surface area contributed by atoms with Crippen molar-refractivity contribution < 1.29 is 4.39 Å². The van der Waals surface area contributed by atoms with Crippen LogP contribution in [0.3, 0.4) is 0 Å². The van der Waals surface area contributed by atoms with Gasteiger partial charge in [0.15, 0.2) is 0 Å². The van der Waals surface area contributed by atoms with Crippen LogP contribution in [0.4, 0.5) is 4.39 Å². The summed E-state index contributed by atoms with van der Waals surface area (Å²) in [6, 6.07) is 7.16. The molecule has 2 N–H and O–H groups in total. The maximum atomic E-state index is 12.5. The molecule has 0 saturated carbocycles. The van der Waals surface area contributed by atoms with Crippen molar-refractivity contribution in [2.24, 2.45) is 5.73 Å². The molecular weight excluding hydrogens is 301 g/mol. The van der Waals surface area contributed by atoms with Gasteiger partial charge in [-0.25, -0.2) is 4.39 Å². The molecule has 0 fully saturated rings. The molecule has 63 valence electrons. The quantitative estimate of drug-likeness (QED) is 0.792. The van der Waals surface area contributed by atoms with E-state index >= 15 is 0 Å². The van der Waals surface area contributed by atoms with Crippen LogP contribution < -0.4 is 5.73 Å². The summed E-state index contributed by atoms with van der Waals surface area (Å²) in [5.74, 6) is -0.253. The first kappa shape index (κ1) is 12.8. The topological polar surface area (TPSA) is 26.0 Å². The third-order valence-corrected chi connectivity index (χ3v) is 1.11. The lowest BCUT2D eigenvalue weighted by Gasteiger charge is -1.94. The van der Waals surface area contributed by atoms with Gasteiger partial charge < -0.3 is 5.73 Å². The molecule has 0 heterocycles. The highest BCUT2D eigenvalue weighted by atomic mass is 79.9. The van der Waals surface area contributed by atoms with Crippen LogP contribution in [0.15, 0.2) is 18.2 Å². The smallest absolute Gasteiger partial charge is 0.326 e. The first-order valence-electron chi connectivity index (χ1n) is 3.22. The lowest BCUT2D eigenvalue weighted by atomic mass is 10.2. The number of rotatable bonds is 1. The number of nitrogens with two attached hydrogens (primary N) is 1. The molecule has 0 aromatic heterocycles. The molecule has 0 unspecified atom stereocenters. The first-order valence-corrected chi connectivity index (χ1v) is 11.0. The van der Waals surface area contributed by atoms with Gasteiger partial charge in [0.1, 0.15) is 5.82 Å². The maximum Gasteiger partial charge on any atom is 0.560 e. The largest absolute Gasteiger partial charge is 0.560 e. The van der Waals surface area contributed by atoms with Gasteiger partial charge in [-0.15, -0.1) is 0 Å². The van der Waals surface area contributed by atoms with Gasteiger partial charge in [-0.1, -0.05) is 6.07 Å². The van der Waals surface area contributed by atoms with Gasteiger partial charge >= 0.3 is 16.0 Å². The molecule has 1 nitrogen and oxygen atoms in total. The van der Waals surface area contributed by atoms with Crippen molar-refractivity contribution in [1.82, 2.24) is 0 Å². The lowest BCUT2D eigenvalue weighted by molar-refractivity contribution is 0.610. The molecule has 0 aliphatic heterocycles. The molecule has 1 radical (unpaired) electrons. The van der Waals surface area contributed by atoms with Crippen molar-refractivity contribution in [2.75, 3.05) is 0 Å². The number of hydrogen-bond donors (Lipinski definition) is 1. The van der Waals surface area contributed by atoms with Gasteiger partial charge in [-0.05, 0) is 18.2 Å². The van der Waals surface area contributed by atoms with E-state index in [9.17, 15) is 4.39 Å². The zero-order chi connectivity index (χ0) is 9.40. The molecule has 0 amide bonds. The normalized spacial score (nSPS) is 8.00. The van der Waals surface area contributed by atoms with Crippen molar-refractivity contribution in [3.8, 4) is 0 Å². The number of benzene rings is 1. The lowest BCUT2D eigenvalue weighted by Crippen LogP contribution is -1.98. The van der Waals surface area contributed by atoms with Crippen LogP contribution in [0.2, 0.25) is 0 Å². The fourth-order valence-electron chi connectivity index (χ4n) is 0.602. The van der Waals surface area contributed by atoms with Crippen LogP contribution in [-0.4, -0.2) is 16.0 Å². The van der Waals surface area contributed by atoms with Crippen molar-refractivity contribution in [1.29, 1.82) is 0 Å². The molecule has 0 atom stereocenters. The standard InChI is InChI=1S/C7H7FN.2BrH.Mg/c8-7-4-2-1-3-6(7)5-9;;;/h2-4H,5,9H2;2*1H;/q;;;+2/p-2. The van der Waals surface area contributed by atoms with Crippen molar-refractivity contribution in [2.45, 2.75) is 6.54 Å². The van der Waals surface area contributed by atoms with Crippen LogP contribution in [0.25, 0.3) is 0 Å². The van der Waals surface area contributed by atoms with Crippen molar-refractivity contribution in [3.05, 3.63) is 35.6 Å². The van der Waals surface area contributed by atoms with Gasteiger partial charge in [0.25, 0.3) is 0 Å². The zero-order valence-electron chi connectivity index (χ0n) is 6.36. The van der Waals surface area contributed by atoms with Crippen LogP contribution in [0.1, 0.15) is 5.56 Å². The molecule has 0 saturated heterocycles.